The molecule has 1 aromatic heterocycles. The summed E-state index contributed by atoms with van der Waals surface area (Å²) in [6, 6.07) is 7.69. The number of nitrogens with zero attached hydrogens (tertiary/aromatic N) is 1. The van der Waals surface area contributed by atoms with Gasteiger partial charge in [0.05, 0.1) is 5.69 Å². The van der Waals surface area contributed by atoms with Gasteiger partial charge in [-0.3, -0.25) is 14.8 Å². The maximum absolute atomic E-state index is 12.1. The molecule has 2 heterocycles. The molecule has 0 spiro atoms. The molecule has 0 amide bonds. The van der Waals surface area contributed by atoms with Crippen LogP contribution in [0, 0.1) is 4.77 Å². The lowest BCUT2D eigenvalue weighted by Crippen LogP contribution is -2.14. The quantitative estimate of drug-likeness (QED) is 0.745. The van der Waals surface area contributed by atoms with Crippen LogP contribution in [-0.4, -0.2) is 21.3 Å². The van der Waals surface area contributed by atoms with Gasteiger partial charge in [-0.15, -0.1) is 0 Å². The molecule has 0 radical (unpaired) electrons. The first-order valence-corrected chi connectivity index (χ1v) is 6.95. The molecule has 5 nitrogen and oxygen atoms in total. The van der Waals surface area contributed by atoms with Crippen LogP contribution in [0.3, 0.4) is 0 Å². The van der Waals surface area contributed by atoms with Crippen molar-refractivity contribution in [2.75, 3.05) is 0 Å². The number of hydrogen-bond acceptors (Lipinski definition) is 4. The Morgan fingerprint density at radius 2 is 2.10 bits per heavy atom. The number of allylic oxidation sites excluding steroid dienone is 2. The Labute approximate surface area is 125 Å². The van der Waals surface area contributed by atoms with Crippen LogP contribution in [0.15, 0.2) is 34.1 Å². The summed E-state index contributed by atoms with van der Waals surface area (Å²) < 4.78 is 0.0993. The number of hydrogen-bond donors (Lipinski definition) is 3. The fraction of sp³-hybridized carbons (Fsp3) is 0.133. The molecule has 0 atom stereocenters. The number of rotatable bonds is 2. The summed E-state index contributed by atoms with van der Waals surface area (Å²) in [4.78, 5) is 21.6. The van der Waals surface area contributed by atoms with Crippen molar-refractivity contribution in [3.8, 4) is 5.88 Å². The maximum atomic E-state index is 12.1. The molecule has 3 rings (SSSR count). The molecule has 1 aliphatic heterocycles. The highest BCUT2D eigenvalue weighted by molar-refractivity contribution is 7.71. The third-order valence-corrected chi connectivity index (χ3v) is 3.63. The number of aliphatic imine (C=N–C) groups is 1. The first-order valence-electron chi connectivity index (χ1n) is 6.54. The maximum Gasteiger partial charge on any atom is 0.263 e. The number of H-pyrrole nitrogens is 2. The first-order chi connectivity index (χ1) is 10.1. The lowest BCUT2D eigenvalue weighted by Gasteiger charge is -2.10. The Kier molecular flexibility index (Phi) is 3.31. The minimum Gasteiger partial charge on any atom is -0.494 e. The van der Waals surface area contributed by atoms with Gasteiger partial charge in [0.1, 0.15) is 5.56 Å². The van der Waals surface area contributed by atoms with Crippen LogP contribution in [-0.2, 0) is 0 Å². The number of fused-ring (bicyclic) bond motifs is 1. The molecule has 1 aliphatic rings. The van der Waals surface area contributed by atoms with Crippen LogP contribution in [0.4, 0.5) is 5.69 Å². The standard InChI is InChI=1S/C15H13N3O2S/c1-2-8(12-13(19)17-15(21)18-14(12)20)10-7-16-11-6-4-3-5-9(10)11/h3-7H,2H2,1H3,(H3,17,18,19,20,21)/b10-8+. The van der Waals surface area contributed by atoms with E-state index in [1.807, 2.05) is 31.2 Å². The summed E-state index contributed by atoms with van der Waals surface area (Å²) in [5.74, 6) is -0.217. The van der Waals surface area contributed by atoms with Crippen LogP contribution in [0.5, 0.6) is 5.88 Å². The van der Waals surface area contributed by atoms with Crippen molar-refractivity contribution in [1.82, 2.24) is 9.97 Å². The fourth-order valence-corrected chi connectivity index (χ4v) is 2.70. The summed E-state index contributed by atoms with van der Waals surface area (Å²) in [6.45, 7) is 1.93. The van der Waals surface area contributed by atoms with Gasteiger partial charge in [0.15, 0.2) is 4.77 Å². The zero-order valence-corrected chi connectivity index (χ0v) is 12.1. The van der Waals surface area contributed by atoms with Crippen molar-refractivity contribution >= 4 is 35.3 Å². The summed E-state index contributed by atoms with van der Waals surface area (Å²) in [6.07, 6.45) is 2.31. The second-order valence-corrected chi connectivity index (χ2v) is 5.06. The van der Waals surface area contributed by atoms with Crippen LogP contribution < -0.4 is 5.56 Å². The van der Waals surface area contributed by atoms with Crippen LogP contribution in [0.25, 0.3) is 11.1 Å². The molecule has 0 aliphatic carbocycles. The van der Waals surface area contributed by atoms with E-state index in [2.05, 4.69) is 15.0 Å². The summed E-state index contributed by atoms with van der Waals surface area (Å²) >= 11 is 4.85. The molecule has 0 saturated carbocycles. The highest BCUT2D eigenvalue weighted by Crippen LogP contribution is 2.37. The molecule has 6 heteroatoms. The third-order valence-electron chi connectivity index (χ3n) is 3.43. The fourth-order valence-electron chi connectivity index (χ4n) is 2.51. The number of aromatic hydroxyl groups is 1. The van der Waals surface area contributed by atoms with Crippen LogP contribution >= 0.6 is 12.2 Å². The topological polar surface area (TPSA) is 81.2 Å². The van der Waals surface area contributed by atoms with Gasteiger partial charge < -0.3 is 10.1 Å². The van der Waals surface area contributed by atoms with Crippen molar-refractivity contribution < 1.29 is 5.11 Å². The lowest BCUT2D eigenvalue weighted by molar-refractivity contribution is 0.447. The first kappa shape index (κ1) is 13.5. The monoisotopic (exact) mass is 299 g/mol. The van der Waals surface area contributed by atoms with Gasteiger partial charge in [-0.25, -0.2) is 0 Å². The highest BCUT2D eigenvalue weighted by Gasteiger charge is 2.20. The molecule has 0 unspecified atom stereocenters. The van der Waals surface area contributed by atoms with E-state index in [1.54, 1.807) is 6.21 Å². The molecule has 0 fully saturated rings. The van der Waals surface area contributed by atoms with E-state index in [1.165, 1.54) is 0 Å². The predicted molar refractivity (Wildman–Crippen MR) is 85.6 cm³/mol. The van der Waals surface area contributed by atoms with Crippen molar-refractivity contribution in [3.63, 3.8) is 0 Å². The molecule has 3 N–H and O–H groups in total. The van der Waals surface area contributed by atoms with Crippen molar-refractivity contribution in [3.05, 3.63) is 50.5 Å². The average molecular weight is 299 g/mol. The highest BCUT2D eigenvalue weighted by atomic mass is 32.1. The van der Waals surface area contributed by atoms with Gasteiger partial charge in [-0.1, -0.05) is 25.1 Å². The number of benzene rings is 1. The second kappa shape index (κ2) is 5.14. The van der Waals surface area contributed by atoms with Crippen molar-refractivity contribution in [2.24, 2.45) is 4.99 Å². The van der Waals surface area contributed by atoms with Crippen LogP contribution in [0.2, 0.25) is 0 Å². The molecule has 106 valence electrons. The molecular formula is C15H13N3O2S. The molecule has 0 bridgehead atoms. The normalized spacial score (nSPS) is 15.1. The van der Waals surface area contributed by atoms with E-state index in [9.17, 15) is 9.90 Å². The minimum absolute atomic E-state index is 0.0993. The SMILES string of the molecule is CC/C(=C1/C=Nc2ccccc21)c1c(O)[nH]c(=S)[nH]c1=O. The van der Waals surface area contributed by atoms with Crippen molar-refractivity contribution in [1.29, 1.82) is 0 Å². The van der Waals surface area contributed by atoms with Crippen LogP contribution in [0.1, 0.15) is 24.5 Å². The Balaban J connectivity index is 2.31. The van der Waals surface area contributed by atoms with Gasteiger partial charge in [0, 0.05) is 17.4 Å². The van der Waals surface area contributed by atoms with E-state index >= 15 is 0 Å². The van der Waals surface area contributed by atoms with Gasteiger partial charge in [0.2, 0.25) is 5.88 Å². The van der Waals surface area contributed by atoms with E-state index in [0.29, 0.717) is 6.42 Å². The van der Waals surface area contributed by atoms with Gasteiger partial charge in [0.25, 0.3) is 5.56 Å². The van der Waals surface area contributed by atoms with E-state index in [0.717, 1.165) is 22.4 Å². The number of aromatic amines is 2. The smallest absolute Gasteiger partial charge is 0.263 e. The number of aromatic nitrogens is 2. The number of nitrogens with one attached hydrogen (secondary N) is 2. The predicted octanol–water partition coefficient (Wildman–Crippen LogP) is 3.17. The Hall–Kier alpha value is -2.47. The van der Waals surface area contributed by atoms with Gasteiger partial charge in [-0.2, -0.15) is 0 Å². The zero-order valence-electron chi connectivity index (χ0n) is 11.3. The summed E-state index contributed by atoms with van der Waals surface area (Å²) in [5, 5.41) is 10.1. The zero-order chi connectivity index (χ0) is 15.0. The van der Waals surface area contributed by atoms with E-state index < -0.39 is 5.56 Å². The van der Waals surface area contributed by atoms with E-state index in [-0.39, 0.29) is 16.2 Å². The van der Waals surface area contributed by atoms with Crippen molar-refractivity contribution in [2.45, 2.75) is 13.3 Å². The number of para-hydroxylation sites is 1. The Morgan fingerprint density at radius 1 is 1.33 bits per heavy atom. The molecule has 21 heavy (non-hydrogen) atoms. The summed E-state index contributed by atoms with van der Waals surface area (Å²) in [5.41, 5.74) is 3.20. The van der Waals surface area contributed by atoms with Gasteiger partial charge >= 0.3 is 0 Å². The largest absolute Gasteiger partial charge is 0.494 e. The third kappa shape index (κ3) is 2.23. The molecular weight excluding hydrogens is 286 g/mol. The Bertz CT molecular complexity index is 890. The minimum atomic E-state index is -0.404. The summed E-state index contributed by atoms with van der Waals surface area (Å²) in [7, 11) is 0. The second-order valence-electron chi connectivity index (χ2n) is 4.65. The molecule has 2 aromatic rings. The molecule has 1 aromatic carbocycles. The lowest BCUT2D eigenvalue weighted by atomic mass is 9.95. The van der Waals surface area contributed by atoms with Gasteiger partial charge in [-0.05, 0) is 30.3 Å². The molecule has 0 saturated heterocycles. The average Bonchev–Trinajstić information content (AvgIpc) is 2.86. The van der Waals surface area contributed by atoms with E-state index in [4.69, 9.17) is 12.2 Å². The Morgan fingerprint density at radius 3 is 2.81 bits per heavy atom.